The molecule has 3 saturated carbocycles. The quantitative estimate of drug-likeness (QED) is 0.496. The van der Waals surface area contributed by atoms with Crippen molar-refractivity contribution in [3.05, 3.63) is 29.8 Å². The Bertz CT molecular complexity index is 566. The zero-order valence-electron chi connectivity index (χ0n) is 18.4. The normalized spacial score (nSPS) is 23.3. The molecule has 3 aliphatic carbocycles. The number of benzene rings is 1. The molecule has 0 amide bonds. The lowest BCUT2D eigenvalue weighted by Gasteiger charge is -2.41. The van der Waals surface area contributed by atoms with Crippen LogP contribution in [0.2, 0.25) is 0 Å². The Balaban J connectivity index is 1.66. The highest BCUT2D eigenvalue weighted by Crippen LogP contribution is 2.32. The fourth-order valence-electron chi connectivity index (χ4n) is 5.40. The van der Waals surface area contributed by atoms with Gasteiger partial charge >= 0.3 is 8.80 Å². The van der Waals surface area contributed by atoms with Crippen LogP contribution in [0.3, 0.4) is 0 Å². The third kappa shape index (κ3) is 5.72. The summed E-state index contributed by atoms with van der Waals surface area (Å²) < 4.78 is 21.1. The highest BCUT2D eigenvalue weighted by Gasteiger charge is 2.50. The predicted octanol–water partition coefficient (Wildman–Crippen LogP) is 6.19. The fourth-order valence-corrected chi connectivity index (χ4v) is 8.84. The van der Waals surface area contributed by atoms with Crippen LogP contribution in [0, 0.1) is 6.92 Å². The largest absolute Gasteiger partial charge is 0.538 e. The Morgan fingerprint density at radius 2 is 0.966 bits per heavy atom. The van der Waals surface area contributed by atoms with Gasteiger partial charge in [-0.3, -0.25) is 0 Å². The Kier molecular flexibility index (Phi) is 7.85. The van der Waals surface area contributed by atoms with Gasteiger partial charge in [-0.2, -0.15) is 0 Å². The van der Waals surface area contributed by atoms with E-state index in [1.54, 1.807) is 0 Å². The molecule has 0 unspecified atom stereocenters. The summed E-state index contributed by atoms with van der Waals surface area (Å²) >= 11 is 0. The molecule has 0 aliphatic heterocycles. The Morgan fingerprint density at radius 1 is 0.586 bits per heavy atom. The molecule has 1 aromatic carbocycles. The molecule has 0 bridgehead atoms. The van der Waals surface area contributed by atoms with E-state index < -0.39 is 8.80 Å². The summed E-state index contributed by atoms with van der Waals surface area (Å²) in [7, 11) is -2.98. The molecule has 4 heteroatoms. The van der Waals surface area contributed by atoms with E-state index in [2.05, 4.69) is 31.2 Å². The fraction of sp³-hybridized carbons (Fsp3) is 0.760. The molecule has 162 valence electrons. The van der Waals surface area contributed by atoms with Crippen molar-refractivity contribution in [1.29, 1.82) is 0 Å². The van der Waals surface area contributed by atoms with Crippen LogP contribution in [-0.2, 0) is 13.3 Å². The van der Waals surface area contributed by atoms with Crippen molar-refractivity contribution in [3.8, 4) is 0 Å². The SMILES string of the molecule is Cc1ccccc1[Si](OC1CCCCC1)(OC1CCCCC1)OC1CCCCC1. The number of hydrogen-bond donors (Lipinski definition) is 0. The van der Waals surface area contributed by atoms with E-state index in [9.17, 15) is 0 Å². The Labute approximate surface area is 178 Å². The zero-order chi connectivity index (χ0) is 19.9. The van der Waals surface area contributed by atoms with Crippen molar-refractivity contribution in [1.82, 2.24) is 0 Å². The van der Waals surface area contributed by atoms with Crippen molar-refractivity contribution in [3.63, 3.8) is 0 Å². The van der Waals surface area contributed by atoms with Crippen LogP contribution in [0.25, 0.3) is 0 Å². The first-order chi connectivity index (χ1) is 14.3. The van der Waals surface area contributed by atoms with Gasteiger partial charge in [-0.05, 0) is 51.0 Å². The lowest BCUT2D eigenvalue weighted by atomic mass is 9.98. The molecule has 0 spiro atoms. The average molecular weight is 417 g/mol. The number of aryl methyl sites for hydroxylation is 1. The third-order valence-electron chi connectivity index (χ3n) is 7.10. The Hall–Kier alpha value is -0.683. The van der Waals surface area contributed by atoms with Crippen LogP contribution < -0.4 is 5.19 Å². The van der Waals surface area contributed by atoms with Crippen LogP contribution in [0.4, 0.5) is 0 Å². The van der Waals surface area contributed by atoms with E-state index in [0.29, 0.717) is 18.3 Å². The van der Waals surface area contributed by atoms with Crippen molar-refractivity contribution in [2.45, 2.75) is 122 Å². The van der Waals surface area contributed by atoms with Gasteiger partial charge in [0.05, 0.1) is 0 Å². The molecule has 0 saturated heterocycles. The van der Waals surface area contributed by atoms with Gasteiger partial charge in [-0.1, -0.05) is 82.1 Å². The average Bonchev–Trinajstić information content (AvgIpc) is 2.76. The number of rotatable bonds is 7. The van der Waals surface area contributed by atoms with Gasteiger partial charge < -0.3 is 13.3 Å². The van der Waals surface area contributed by atoms with Crippen LogP contribution in [0.1, 0.15) is 102 Å². The first-order valence-corrected chi connectivity index (χ1v) is 14.1. The monoisotopic (exact) mass is 416 g/mol. The molecular formula is C25H40O3Si. The molecule has 1 aromatic rings. The van der Waals surface area contributed by atoms with E-state index >= 15 is 0 Å². The molecule has 29 heavy (non-hydrogen) atoms. The van der Waals surface area contributed by atoms with Gasteiger partial charge in [0.15, 0.2) is 0 Å². The molecule has 3 nitrogen and oxygen atoms in total. The van der Waals surface area contributed by atoms with Gasteiger partial charge in [-0.25, -0.2) is 0 Å². The summed E-state index contributed by atoms with van der Waals surface area (Å²) in [5.41, 5.74) is 1.27. The zero-order valence-corrected chi connectivity index (χ0v) is 19.4. The van der Waals surface area contributed by atoms with Crippen LogP contribution in [0.15, 0.2) is 24.3 Å². The molecule has 0 heterocycles. The minimum absolute atomic E-state index is 0.294. The van der Waals surface area contributed by atoms with E-state index in [4.69, 9.17) is 13.3 Å². The first-order valence-electron chi connectivity index (χ1n) is 12.3. The summed E-state index contributed by atoms with van der Waals surface area (Å²) in [4.78, 5) is 0. The van der Waals surface area contributed by atoms with Crippen LogP contribution in [0.5, 0.6) is 0 Å². The maximum Gasteiger partial charge on any atom is 0.538 e. The molecule has 0 atom stereocenters. The number of hydrogen-bond acceptors (Lipinski definition) is 3. The third-order valence-corrected chi connectivity index (χ3v) is 10.2. The maximum atomic E-state index is 7.05. The molecule has 4 rings (SSSR count). The second kappa shape index (κ2) is 10.6. The van der Waals surface area contributed by atoms with E-state index in [1.165, 1.54) is 68.5 Å². The van der Waals surface area contributed by atoms with Crippen LogP contribution in [-0.4, -0.2) is 27.1 Å². The highest BCUT2D eigenvalue weighted by atomic mass is 28.4. The smallest absolute Gasteiger partial charge is 0.367 e. The molecule has 0 aromatic heterocycles. The molecule has 0 N–H and O–H groups in total. The van der Waals surface area contributed by atoms with Crippen LogP contribution >= 0.6 is 0 Å². The van der Waals surface area contributed by atoms with Gasteiger partial charge in [-0.15, -0.1) is 0 Å². The van der Waals surface area contributed by atoms with Crippen molar-refractivity contribution in [2.24, 2.45) is 0 Å². The van der Waals surface area contributed by atoms with E-state index in [-0.39, 0.29) is 0 Å². The summed E-state index contributed by atoms with van der Waals surface area (Å²) in [6, 6.07) is 8.70. The highest BCUT2D eigenvalue weighted by molar-refractivity contribution is 6.76. The summed E-state index contributed by atoms with van der Waals surface area (Å²) in [6.07, 6.45) is 19.5. The molecule has 3 fully saturated rings. The minimum Gasteiger partial charge on any atom is -0.367 e. The van der Waals surface area contributed by atoms with Gasteiger partial charge in [0.2, 0.25) is 0 Å². The molecule has 0 radical (unpaired) electrons. The van der Waals surface area contributed by atoms with E-state index in [0.717, 1.165) is 38.5 Å². The van der Waals surface area contributed by atoms with E-state index in [1.807, 2.05) is 0 Å². The second-order valence-corrected chi connectivity index (χ2v) is 11.9. The molecular weight excluding hydrogens is 376 g/mol. The van der Waals surface area contributed by atoms with Gasteiger partial charge in [0, 0.05) is 23.5 Å². The summed E-state index contributed by atoms with van der Waals surface area (Å²) in [6.45, 7) is 2.20. The Morgan fingerprint density at radius 3 is 1.34 bits per heavy atom. The summed E-state index contributed by atoms with van der Waals surface area (Å²) in [5, 5.41) is 1.22. The molecule has 3 aliphatic rings. The van der Waals surface area contributed by atoms with Gasteiger partial charge in [0.25, 0.3) is 0 Å². The predicted molar refractivity (Wildman–Crippen MR) is 120 cm³/mol. The van der Waals surface area contributed by atoms with Crippen molar-refractivity contribution in [2.75, 3.05) is 0 Å². The lowest BCUT2D eigenvalue weighted by molar-refractivity contribution is -0.0308. The maximum absolute atomic E-state index is 7.05. The summed E-state index contributed by atoms with van der Waals surface area (Å²) in [5.74, 6) is 0. The van der Waals surface area contributed by atoms with Crippen molar-refractivity contribution < 1.29 is 13.3 Å². The topological polar surface area (TPSA) is 27.7 Å². The second-order valence-electron chi connectivity index (χ2n) is 9.50. The first kappa shape index (κ1) is 21.5. The minimum atomic E-state index is -2.98. The standard InChI is InChI=1S/C25H40O3Si/c1-21-13-11-12-20-25(21)29(26-22-14-5-2-6-15-22,27-23-16-7-3-8-17-23)28-24-18-9-4-10-19-24/h11-13,20,22-24H,2-10,14-19H2,1H3. The lowest BCUT2D eigenvalue weighted by Crippen LogP contribution is -2.62. The van der Waals surface area contributed by atoms with Crippen molar-refractivity contribution >= 4 is 14.0 Å². The van der Waals surface area contributed by atoms with Gasteiger partial charge in [0.1, 0.15) is 0 Å².